The van der Waals surface area contributed by atoms with Crippen molar-refractivity contribution in [2.75, 3.05) is 24.6 Å². The summed E-state index contributed by atoms with van der Waals surface area (Å²) in [6, 6.07) is 0.0540. The molecule has 2 aliphatic rings. The number of hydrogen-bond acceptors (Lipinski definition) is 5. The highest BCUT2D eigenvalue weighted by Gasteiger charge is 2.41. The van der Waals surface area contributed by atoms with E-state index >= 15 is 0 Å². The zero-order valence-electron chi connectivity index (χ0n) is 9.63. The summed E-state index contributed by atoms with van der Waals surface area (Å²) in [6.45, 7) is 1.14. The molecule has 0 saturated carbocycles. The van der Waals surface area contributed by atoms with E-state index in [1.807, 2.05) is 0 Å². The number of piperidine rings is 1. The maximum absolute atomic E-state index is 11.4. The van der Waals surface area contributed by atoms with Gasteiger partial charge in [0, 0.05) is 19.1 Å². The van der Waals surface area contributed by atoms with Crippen LogP contribution in [-0.2, 0) is 14.6 Å². The average Bonchev–Trinajstić information content (AvgIpc) is 2.60. The van der Waals surface area contributed by atoms with Crippen molar-refractivity contribution in [2.45, 2.75) is 30.8 Å². The number of hydrogen-bond donors (Lipinski definition) is 2. The summed E-state index contributed by atoms with van der Waals surface area (Å²) in [4.78, 5) is 13.0. The summed E-state index contributed by atoms with van der Waals surface area (Å²) in [5, 5.41) is 8.99. The van der Waals surface area contributed by atoms with Gasteiger partial charge in [-0.25, -0.2) is 8.42 Å². The summed E-state index contributed by atoms with van der Waals surface area (Å²) < 4.78 is 22.7. The summed E-state index contributed by atoms with van der Waals surface area (Å²) in [5.74, 6) is -0.505. The van der Waals surface area contributed by atoms with Crippen LogP contribution in [0.5, 0.6) is 0 Å². The molecule has 0 aromatic carbocycles. The standard InChI is InChI=1S/C10H18N2O4S/c11-10(9(13)14)2-4-12(5-3-10)8-1-6-17(15,16)7-8/h8H,1-7,11H2,(H,13,14). The number of carbonyl (C=O) groups is 1. The van der Waals surface area contributed by atoms with Crippen LogP contribution in [0.25, 0.3) is 0 Å². The number of sulfone groups is 1. The zero-order valence-corrected chi connectivity index (χ0v) is 10.4. The van der Waals surface area contributed by atoms with Crippen molar-refractivity contribution >= 4 is 15.8 Å². The molecule has 2 aliphatic heterocycles. The van der Waals surface area contributed by atoms with Gasteiger partial charge in [0.25, 0.3) is 0 Å². The van der Waals surface area contributed by atoms with Gasteiger partial charge in [0.1, 0.15) is 5.54 Å². The van der Waals surface area contributed by atoms with Crippen molar-refractivity contribution in [3.8, 4) is 0 Å². The van der Waals surface area contributed by atoms with E-state index in [1.54, 1.807) is 0 Å². The molecule has 0 aromatic heterocycles. The first-order chi connectivity index (χ1) is 7.82. The quantitative estimate of drug-likeness (QED) is 0.665. The van der Waals surface area contributed by atoms with E-state index in [-0.39, 0.29) is 17.5 Å². The van der Waals surface area contributed by atoms with Crippen LogP contribution in [0.4, 0.5) is 0 Å². The summed E-state index contributed by atoms with van der Waals surface area (Å²) in [6.07, 6.45) is 1.44. The lowest BCUT2D eigenvalue weighted by molar-refractivity contribution is -0.145. The Balaban J connectivity index is 1.94. The Morgan fingerprint density at radius 1 is 1.35 bits per heavy atom. The topological polar surface area (TPSA) is 101 Å². The van der Waals surface area contributed by atoms with Gasteiger partial charge in [0.2, 0.25) is 0 Å². The van der Waals surface area contributed by atoms with E-state index in [1.165, 1.54) is 0 Å². The SMILES string of the molecule is NC1(C(=O)O)CCN(C2CCS(=O)(=O)C2)CC1. The third-order valence-electron chi connectivity index (χ3n) is 3.84. The fraction of sp³-hybridized carbons (Fsp3) is 0.900. The molecule has 7 heteroatoms. The van der Waals surface area contributed by atoms with E-state index in [9.17, 15) is 13.2 Å². The Kier molecular flexibility index (Phi) is 3.17. The lowest BCUT2D eigenvalue weighted by Gasteiger charge is -2.38. The molecule has 2 rings (SSSR count). The largest absolute Gasteiger partial charge is 0.480 e. The van der Waals surface area contributed by atoms with Gasteiger partial charge < -0.3 is 10.8 Å². The van der Waals surface area contributed by atoms with Gasteiger partial charge in [0.15, 0.2) is 9.84 Å². The second kappa shape index (κ2) is 4.22. The Bertz CT molecular complexity index is 412. The van der Waals surface area contributed by atoms with Crippen molar-refractivity contribution in [3.05, 3.63) is 0 Å². The highest BCUT2D eigenvalue weighted by Crippen LogP contribution is 2.25. The molecule has 17 heavy (non-hydrogen) atoms. The van der Waals surface area contributed by atoms with Gasteiger partial charge in [0.05, 0.1) is 11.5 Å². The minimum Gasteiger partial charge on any atom is -0.480 e. The van der Waals surface area contributed by atoms with Gasteiger partial charge in [-0.05, 0) is 19.3 Å². The molecular weight excluding hydrogens is 244 g/mol. The van der Waals surface area contributed by atoms with Gasteiger partial charge in [-0.3, -0.25) is 9.69 Å². The van der Waals surface area contributed by atoms with Crippen LogP contribution in [-0.4, -0.2) is 60.6 Å². The third kappa shape index (κ3) is 2.61. The Morgan fingerprint density at radius 3 is 2.35 bits per heavy atom. The normalized spacial score (nSPS) is 32.4. The molecule has 0 aliphatic carbocycles. The molecule has 0 spiro atoms. The second-order valence-corrected chi connectivity index (χ2v) is 7.28. The lowest BCUT2D eigenvalue weighted by atomic mass is 9.88. The number of carboxylic acids is 1. The summed E-state index contributed by atoms with van der Waals surface area (Å²) >= 11 is 0. The molecule has 0 bridgehead atoms. The zero-order chi connectivity index (χ0) is 12.7. The molecule has 0 radical (unpaired) electrons. The highest BCUT2D eigenvalue weighted by atomic mass is 32.2. The number of rotatable bonds is 2. The minimum atomic E-state index is -2.88. The van der Waals surface area contributed by atoms with Crippen LogP contribution < -0.4 is 5.73 Å². The first kappa shape index (κ1) is 12.8. The van der Waals surface area contributed by atoms with Crippen LogP contribution in [0.2, 0.25) is 0 Å². The fourth-order valence-electron chi connectivity index (χ4n) is 2.57. The van der Waals surface area contributed by atoms with Crippen molar-refractivity contribution in [1.82, 2.24) is 4.90 Å². The maximum Gasteiger partial charge on any atom is 0.323 e. The maximum atomic E-state index is 11.4. The second-order valence-electron chi connectivity index (χ2n) is 5.05. The fourth-order valence-corrected chi connectivity index (χ4v) is 4.33. The Labute approximate surface area is 101 Å². The van der Waals surface area contributed by atoms with Gasteiger partial charge in [-0.1, -0.05) is 0 Å². The van der Waals surface area contributed by atoms with Crippen LogP contribution >= 0.6 is 0 Å². The van der Waals surface area contributed by atoms with Gasteiger partial charge >= 0.3 is 5.97 Å². The molecular formula is C10H18N2O4S. The summed E-state index contributed by atoms with van der Waals surface area (Å²) in [7, 11) is -2.88. The molecule has 2 fully saturated rings. The molecule has 98 valence electrons. The predicted octanol–water partition coefficient (Wildman–Crippen LogP) is -0.949. The van der Waals surface area contributed by atoms with Crippen LogP contribution in [0.3, 0.4) is 0 Å². The highest BCUT2D eigenvalue weighted by molar-refractivity contribution is 7.91. The third-order valence-corrected chi connectivity index (χ3v) is 5.59. The number of nitrogens with zero attached hydrogens (tertiary/aromatic N) is 1. The van der Waals surface area contributed by atoms with E-state index in [0.29, 0.717) is 32.4 Å². The predicted molar refractivity (Wildman–Crippen MR) is 62.4 cm³/mol. The smallest absolute Gasteiger partial charge is 0.323 e. The number of nitrogens with two attached hydrogens (primary N) is 1. The monoisotopic (exact) mass is 262 g/mol. The Hall–Kier alpha value is -0.660. The van der Waals surface area contributed by atoms with E-state index in [4.69, 9.17) is 10.8 Å². The Morgan fingerprint density at radius 2 is 1.94 bits per heavy atom. The van der Waals surface area contributed by atoms with Crippen molar-refractivity contribution in [3.63, 3.8) is 0 Å². The number of aliphatic carboxylic acids is 1. The van der Waals surface area contributed by atoms with E-state index in [0.717, 1.165) is 0 Å². The number of likely N-dealkylation sites (tertiary alicyclic amines) is 1. The molecule has 1 unspecified atom stereocenters. The molecule has 6 nitrogen and oxygen atoms in total. The molecule has 3 N–H and O–H groups in total. The first-order valence-corrected chi connectivity index (χ1v) is 7.61. The van der Waals surface area contributed by atoms with Crippen molar-refractivity contribution < 1.29 is 18.3 Å². The lowest BCUT2D eigenvalue weighted by Crippen LogP contribution is -2.57. The van der Waals surface area contributed by atoms with E-state index in [2.05, 4.69) is 4.90 Å². The average molecular weight is 262 g/mol. The molecule has 0 amide bonds. The van der Waals surface area contributed by atoms with Crippen LogP contribution in [0.1, 0.15) is 19.3 Å². The molecule has 2 heterocycles. The van der Waals surface area contributed by atoms with E-state index < -0.39 is 21.3 Å². The molecule has 1 atom stereocenters. The molecule has 2 saturated heterocycles. The van der Waals surface area contributed by atoms with Gasteiger partial charge in [-0.15, -0.1) is 0 Å². The summed E-state index contributed by atoms with van der Waals surface area (Å²) in [5.41, 5.74) is 4.64. The minimum absolute atomic E-state index is 0.0540. The first-order valence-electron chi connectivity index (χ1n) is 5.79. The van der Waals surface area contributed by atoms with Crippen molar-refractivity contribution in [2.24, 2.45) is 5.73 Å². The van der Waals surface area contributed by atoms with Crippen LogP contribution in [0, 0.1) is 0 Å². The van der Waals surface area contributed by atoms with Gasteiger partial charge in [-0.2, -0.15) is 0 Å². The number of carboxylic acid groups (broad SMARTS) is 1. The van der Waals surface area contributed by atoms with Crippen LogP contribution in [0.15, 0.2) is 0 Å². The molecule has 0 aromatic rings. The van der Waals surface area contributed by atoms with Crippen molar-refractivity contribution in [1.29, 1.82) is 0 Å².